The summed E-state index contributed by atoms with van der Waals surface area (Å²) in [7, 11) is 0. The van der Waals surface area contributed by atoms with Gasteiger partial charge in [0.05, 0.1) is 0 Å². The van der Waals surface area contributed by atoms with Crippen molar-refractivity contribution < 1.29 is 58.4 Å². The van der Waals surface area contributed by atoms with Gasteiger partial charge >= 0.3 is 0 Å². The van der Waals surface area contributed by atoms with Crippen LogP contribution in [0.3, 0.4) is 0 Å². The van der Waals surface area contributed by atoms with E-state index in [1.165, 1.54) is 0 Å². The number of allylic oxidation sites excluding steroid dienone is 2. The van der Waals surface area contributed by atoms with Crippen LogP contribution in [0.2, 0.25) is 0 Å². The zero-order valence-electron chi connectivity index (χ0n) is 6.69. The molecule has 0 nitrogen and oxygen atoms in total. The number of hydrogen-bond acceptors (Lipinski definition) is 0. The summed E-state index contributed by atoms with van der Waals surface area (Å²) in [6.45, 7) is 10.5. The molecule has 0 fully saturated rings. The molecule has 0 saturated carbocycles. The number of rotatable bonds is 0. The fraction of sp³-hybridized carbons (Fsp3) is 0.333. The van der Waals surface area contributed by atoms with E-state index in [-0.39, 0.29) is 58.4 Å². The van der Waals surface area contributed by atoms with Crippen molar-refractivity contribution in [3.63, 3.8) is 0 Å². The molecule has 0 amide bonds. The first kappa shape index (κ1) is 31.6. The average Bonchev–Trinajstić information content (AvgIpc) is 1.39. The van der Waals surface area contributed by atoms with Gasteiger partial charge in [-0.2, -0.15) is 0 Å². The van der Waals surface area contributed by atoms with Crippen LogP contribution in [0.5, 0.6) is 0 Å². The van der Waals surface area contributed by atoms with Gasteiger partial charge in [-0.3, -0.25) is 0 Å². The van der Waals surface area contributed by atoms with Crippen LogP contribution in [0.1, 0.15) is 13.8 Å². The van der Waals surface area contributed by atoms with Gasteiger partial charge in [0.2, 0.25) is 0 Å². The molecule has 0 saturated heterocycles. The second-order valence-electron chi connectivity index (χ2n) is 0.816. The topological polar surface area (TPSA) is 0 Å². The smallest absolute Gasteiger partial charge is 0 e. The Kier molecular flexibility index (Phi) is 204. The molecule has 0 heterocycles. The molecule has 0 N–H and O–H groups in total. The Balaban J connectivity index is -0.00000000889. The first-order chi connectivity index (χ1) is 2.83. The molecule has 0 spiro atoms. The second kappa shape index (κ2) is 58.1. The molecule has 0 radical (unpaired) electrons. The van der Waals surface area contributed by atoms with Gasteiger partial charge in [0.25, 0.3) is 0 Å². The van der Waals surface area contributed by atoms with Crippen LogP contribution in [0.15, 0.2) is 25.3 Å². The van der Waals surface area contributed by atoms with Crippen molar-refractivity contribution in [3.05, 3.63) is 25.3 Å². The Hall–Kier alpha value is 1.35. The minimum absolute atomic E-state index is 0. The Morgan fingerprint density at radius 2 is 0.778 bits per heavy atom. The van der Waals surface area contributed by atoms with Crippen LogP contribution in [-0.2, 0) is 58.4 Å². The zero-order chi connectivity index (χ0) is 5.41. The second-order valence-corrected chi connectivity index (χ2v) is 0.816. The molecule has 0 unspecified atom stereocenters. The molecule has 0 atom stereocenters. The summed E-state index contributed by atoms with van der Waals surface area (Å²) in [5.74, 6) is 0. The summed E-state index contributed by atoms with van der Waals surface area (Å²) < 4.78 is 0. The number of hydrogen-bond donors (Lipinski definition) is 0. The van der Waals surface area contributed by atoms with E-state index in [1.54, 1.807) is 12.2 Å². The van der Waals surface area contributed by atoms with Crippen LogP contribution >= 0.6 is 0 Å². The van der Waals surface area contributed by atoms with E-state index in [0.29, 0.717) is 0 Å². The Bertz CT molecular complexity index is 29.3. The molecule has 3 heteroatoms. The summed E-state index contributed by atoms with van der Waals surface area (Å²) >= 11 is 0. The van der Waals surface area contributed by atoms with E-state index in [2.05, 4.69) is 13.2 Å². The fourth-order valence-electron chi connectivity index (χ4n) is 0. The van der Waals surface area contributed by atoms with Gasteiger partial charge in [0.15, 0.2) is 0 Å². The minimum Gasteiger partial charge on any atom is -0.103 e. The third-order valence-corrected chi connectivity index (χ3v) is 0. The summed E-state index contributed by atoms with van der Waals surface area (Å²) in [6.07, 6.45) is 3.50. The molecule has 0 bridgehead atoms. The van der Waals surface area contributed by atoms with E-state index in [1.807, 2.05) is 13.8 Å². The molecule has 0 aliphatic rings. The van der Waals surface area contributed by atoms with Crippen LogP contribution < -0.4 is 0 Å². The largest absolute Gasteiger partial charge is 0.103 e. The van der Waals surface area contributed by atoms with Gasteiger partial charge in [0.1, 0.15) is 0 Å². The van der Waals surface area contributed by atoms with E-state index < -0.39 is 0 Å². The van der Waals surface area contributed by atoms with Crippen molar-refractivity contribution >= 4 is 0 Å². The monoisotopic (exact) mass is 276 g/mol. The maximum Gasteiger partial charge on any atom is 0 e. The summed E-state index contributed by atoms with van der Waals surface area (Å²) in [6, 6.07) is 0. The third kappa shape index (κ3) is 277. The van der Waals surface area contributed by atoms with Gasteiger partial charge in [0, 0.05) is 58.4 Å². The van der Waals surface area contributed by atoms with Gasteiger partial charge in [-0.1, -0.05) is 12.2 Å². The molecule has 42 valence electrons. The Morgan fingerprint density at radius 1 is 0.778 bits per heavy atom. The zero-order valence-corrected chi connectivity index (χ0v) is 15.6. The predicted octanol–water partition coefficient (Wildman–Crippen LogP) is 2.38. The molecular formula is C6H12Zn3. The van der Waals surface area contributed by atoms with Crippen LogP contribution in [-0.4, -0.2) is 0 Å². The van der Waals surface area contributed by atoms with Crippen molar-refractivity contribution in [2.45, 2.75) is 13.8 Å². The average molecular weight is 280 g/mol. The van der Waals surface area contributed by atoms with Gasteiger partial charge in [-0.05, 0) is 13.8 Å². The normalized spacial score (nSPS) is 2.89. The van der Waals surface area contributed by atoms with E-state index in [4.69, 9.17) is 0 Å². The molecule has 0 rings (SSSR count). The van der Waals surface area contributed by atoms with Gasteiger partial charge < -0.3 is 0 Å². The van der Waals surface area contributed by atoms with E-state index in [9.17, 15) is 0 Å². The van der Waals surface area contributed by atoms with E-state index in [0.717, 1.165) is 0 Å². The maximum atomic E-state index is 3.36. The van der Waals surface area contributed by atoms with Crippen LogP contribution in [0, 0.1) is 0 Å². The summed E-state index contributed by atoms with van der Waals surface area (Å²) in [4.78, 5) is 0. The van der Waals surface area contributed by atoms with Crippen molar-refractivity contribution in [1.82, 2.24) is 0 Å². The van der Waals surface area contributed by atoms with Gasteiger partial charge in [-0.15, -0.1) is 13.2 Å². The molecular weight excluding hydrogens is 268 g/mol. The molecule has 0 aromatic heterocycles. The van der Waals surface area contributed by atoms with Crippen molar-refractivity contribution in [2.24, 2.45) is 0 Å². The van der Waals surface area contributed by atoms with Gasteiger partial charge in [-0.25, -0.2) is 0 Å². The SMILES string of the molecule is C=CC.C=CC.[Zn].[Zn].[Zn]. The van der Waals surface area contributed by atoms with Crippen LogP contribution in [0.25, 0.3) is 0 Å². The molecule has 0 aliphatic carbocycles. The standard InChI is InChI=1S/2C3H6.3Zn/c2*1-3-2;;;/h2*3H,1H2,2H3;;;. The third-order valence-electron chi connectivity index (χ3n) is 0. The Morgan fingerprint density at radius 3 is 0.778 bits per heavy atom. The predicted molar refractivity (Wildman–Crippen MR) is 31.7 cm³/mol. The first-order valence-electron chi connectivity index (χ1n) is 1.97. The first-order valence-corrected chi connectivity index (χ1v) is 1.97. The molecule has 0 aromatic rings. The fourth-order valence-corrected chi connectivity index (χ4v) is 0. The minimum atomic E-state index is 0. The molecule has 0 aromatic carbocycles. The molecule has 0 aliphatic heterocycles. The summed E-state index contributed by atoms with van der Waals surface area (Å²) in [5, 5.41) is 0. The molecule has 9 heavy (non-hydrogen) atoms. The Labute approximate surface area is 96.8 Å². The summed E-state index contributed by atoms with van der Waals surface area (Å²) in [5.41, 5.74) is 0. The maximum absolute atomic E-state index is 3.36. The van der Waals surface area contributed by atoms with E-state index >= 15 is 0 Å². The van der Waals surface area contributed by atoms with Crippen molar-refractivity contribution in [2.75, 3.05) is 0 Å². The van der Waals surface area contributed by atoms with Crippen LogP contribution in [0.4, 0.5) is 0 Å². The van der Waals surface area contributed by atoms with Crippen molar-refractivity contribution in [3.8, 4) is 0 Å². The quantitative estimate of drug-likeness (QED) is 0.472. The van der Waals surface area contributed by atoms with Crippen molar-refractivity contribution in [1.29, 1.82) is 0 Å².